The van der Waals surface area contributed by atoms with E-state index in [1.54, 1.807) is 6.07 Å². The zero-order valence-electron chi connectivity index (χ0n) is 10.3. The predicted molar refractivity (Wildman–Crippen MR) is 78.6 cm³/mol. The highest BCUT2D eigenvalue weighted by Gasteiger charge is 2.16. The molecule has 0 bridgehead atoms. The molecule has 3 nitrogen and oxygen atoms in total. The summed E-state index contributed by atoms with van der Waals surface area (Å²) in [6, 6.07) is 5.86. The molecule has 18 heavy (non-hydrogen) atoms. The third-order valence-corrected chi connectivity index (χ3v) is 4.42. The van der Waals surface area contributed by atoms with Gasteiger partial charge < -0.3 is 10.6 Å². The van der Waals surface area contributed by atoms with E-state index in [1.165, 1.54) is 0 Å². The van der Waals surface area contributed by atoms with Crippen LogP contribution in [0, 0.1) is 6.92 Å². The van der Waals surface area contributed by atoms with E-state index in [9.17, 15) is 4.79 Å². The molecule has 0 aliphatic carbocycles. The van der Waals surface area contributed by atoms with Crippen LogP contribution in [0.25, 0.3) is 0 Å². The topological polar surface area (TPSA) is 41.1 Å². The molecule has 2 rings (SSSR count). The van der Waals surface area contributed by atoms with Crippen molar-refractivity contribution in [2.75, 3.05) is 23.4 Å². The maximum Gasteiger partial charge on any atom is 0.225 e. The monoisotopic (exact) mass is 284 g/mol. The second kappa shape index (κ2) is 6.45. The first kappa shape index (κ1) is 13.7. The van der Waals surface area contributed by atoms with Crippen LogP contribution in [-0.4, -0.2) is 30.0 Å². The number of aryl methyl sites for hydroxylation is 1. The number of hydrogen-bond acceptors (Lipinski definition) is 3. The van der Waals surface area contributed by atoms with Gasteiger partial charge in [-0.15, -0.1) is 0 Å². The largest absolute Gasteiger partial charge is 0.326 e. The second-order valence-corrected chi connectivity index (χ2v) is 6.00. The maximum atomic E-state index is 11.9. The number of amides is 1. The van der Waals surface area contributed by atoms with Crippen molar-refractivity contribution < 1.29 is 4.79 Å². The molecule has 1 amide bonds. The molecule has 0 spiro atoms. The Morgan fingerprint density at radius 2 is 2.44 bits per heavy atom. The highest BCUT2D eigenvalue weighted by molar-refractivity contribution is 7.99. The molecule has 0 aromatic heterocycles. The lowest BCUT2D eigenvalue weighted by Crippen LogP contribution is -2.39. The van der Waals surface area contributed by atoms with Gasteiger partial charge in [0.1, 0.15) is 0 Å². The van der Waals surface area contributed by atoms with Crippen molar-refractivity contribution in [1.82, 2.24) is 5.32 Å². The Morgan fingerprint density at radius 3 is 3.11 bits per heavy atom. The van der Waals surface area contributed by atoms with Crippen LogP contribution in [0.4, 0.5) is 5.69 Å². The van der Waals surface area contributed by atoms with Crippen LogP contribution in [0.15, 0.2) is 18.2 Å². The first-order chi connectivity index (χ1) is 8.65. The molecule has 1 unspecified atom stereocenters. The summed E-state index contributed by atoms with van der Waals surface area (Å²) in [5.41, 5.74) is 1.78. The normalized spacial score (nSPS) is 19.6. The van der Waals surface area contributed by atoms with Gasteiger partial charge in [0.25, 0.3) is 0 Å². The molecule has 1 aliphatic rings. The second-order valence-electron chi connectivity index (χ2n) is 4.44. The van der Waals surface area contributed by atoms with Crippen molar-refractivity contribution in [1.29, 1.82) is 0 Å². The van der Waals surface area contributed by atoms with Crippen LogP contribution < -0.4 is 10.6 Å². The highest BCUT2D eigenvalue weighted by Crippen LogP contribution is 2.20. The van der Waals surface area contributed by atoms with Crippen molar-refractivity contribution in [2.24, 2.45) is 0 Å². The van der Waals surface area contributed by atoms with Crippen LogP contribution in [0.1, 0.15) is 12.0 Å². The first-order valence-electron chi connectivity index (χ1n) is 6.02. The summed E-state index contributed by atoms with van der Waals surface area (Å²) in [4.78, 5) is 11.9. The minimum absolute atomic E-state index is 0.0370. The highest BCUT2D eigenvalue weighted by atomic mass is 35.5. The van der Waals surface area contributed by atoms with E-state index >= 15 is 0 Å². The number of thioether (sulfide) groups is 1. The Morgan fingerprint density at radius 1 is 1.61 bits per heavy atom. The van der Waals surface area contributed by atoms with E-state index in [0.29, 0.717) is 11.4 Å². The third-order valence-electron chi connectivity index (χ3n) is 2.89. The minimum atomic E-state index is 0.0370. The zero-order chi connectivity index (χ0) is 13.0. The van der Waals surface area contributed by atoms with Gasteiger partial charge in [0, 0.05) is 41.2 Å². The van der Waals surface area contributed by atoms with Gasteiger partial charge in [0.15, 0.2) is 0 Å². The quantitative estimate of drug-likeness (QED) is 0.897. The fourth-order valence-corrected chi connectivity index (χ4v) is 2.99. The molecule has 1 aliphatic heterocycles. The average molecular weight is 285 g/mol. The summed E-state index contributed by atoms with van der Waals surface area (Å²) in [6.45, 7) is 2.93. The van der Waals surface area contributed by atoms with Crippen LogP contribution in [0.3, 0.4) is 0 Å². The van der Waals surface area contributed by atoms with Gasteiger partial charge in [-0.2, -0.15) is 11.8 Å². The van der Waals surface area contributed by atoms with Gasteiger partial charge in [0.2, 0.25) is 5.91 Å². The fourth-order valence-electron chi connectivity index (χ4n) is 1.86. The Bertz CT molecular complexity index is 433. The molecule has 1 saturated heterocycles. The standard InChI is InChI=1S/C13H17ClN2OS/c1-9-2-3-10(6-12(9)14)16-13(17)7-11-8-18-5-4-15-11/h2-3,6,11,15H,4-5,7-8H2,1H3,(H,16,17). The van der Waals surface area contributed by atoms with Crippen molar-refractivity contribution in [3.63, 3.8) is 0 Å². The van der Waals surface area contributed by atoms with E-state index in [2.05, 4.69) is 10.6 Å². The number of anilines is 1. The van der Waals surface area contributed by atoms with E-state index in [-0.39, 0.29) is 11.9 Å². The summed E-state index contributed by atoms with van der Waals surface area (Å²) in [6.07, 6.45) is 0.512. The number of hydrogen-bond donors (Lipinski definition) is 2. The van der Waals surface area contributed by atoms with Gasteiger partial charge in [-0.25, -0.2) is 0 Å². The molecular weight excluding hydrogens is 268 g/mol. The van der Waals surface area contributed by atoms with Gasteiger partial charge in [0.05, 0.1) is 0 Å². The molecule has 1 aromatic carbocycles. The van der Waals surface area contributed by atoms with Gasteiger partial charge in [-0.3, -0.25) is 4.79 Å². The summed E-state index contributed by atoms with van der Waals surface area (Å²) < 4.78 is 0. The van der Waals surface area contributed by atoms with Gasteiger partial charge in [-0.05, 0) is 24.6 Å². The molecule has 0 radical (unpaired) electrons. The fraction of sp³-hybridized carbons (Fsp3) is 0.462. The summed E-state index contributed by atoms with van der Waals surface area (Å²) >= 11 is 7.91. The van der Waals surface area contributed by atoms with Gasteiger partial charge >= 0.3 is 0 Å². The molecule has 5 heteroatoms. The Hall–Kier alpha value is -0.710. The van der Waals surface area contributed by atoms with E-state index in [1.807, 2.05) is 30.8 Å². The van der Waals surface area contributed by atoms with Crippen LogP contribution in [0.5, 0.6) is 0 Å². The predicted octanol–water partition coefficient (Wildman–Crippen LogP) is 2.68. The molecule has 1 atom stereocenters. The van der Waals surface area contributed by atoms with Crippen LogP contribution in [-0.2, 0) is 4.79 Å². The van der Waals surface area contributed by atoms with Crippen molar-refractivity contribution in [2.45, 2.75) is 19.4 Å². The summed E-state index contributed by atoms with van der Waals surface area (Å²) in [5, 5.41) is 6.91. The molecule has 1 heterocycles. The van der Waals surface area contributed by atoms with E-state index < -0.39 is 0 Å². The summed E-state index contributed by atoms with van der Waals surface area (Å²) in [5.74, 6) is 2.17. The van der Waals surface area contributed by atoms with E-state index in [4.69, 9.17) is 11.6 Å². The Labute approximate surface area is 117 Å². The smallest absolute Gasteiger partial charge is 0.225 e. The molecule has 2 N–H and O–H groups in total. The lowest BCUT2D eigenvalue weighted by atomic mass is 10.2. The maximum absolute atomic E-state index is 11.9. The van der Waals surface area contributed by atoms with Crippen molar-refractivity contribution >= 4 is 35.0 Å². The van der Waals surface area contributed by atoms with E-state index in [0.717, 1.165) is 29.3 Å². The number of nitrogens with one attached hydrogen (secondary N) is 2. The zero-order valence-corrected chi connectivity index (χ0v) is 11.9. The van der Waals surface area contributed by atoms with Crippen LogP contribution >= 0.6 is 23.4 Å². The van der Waals surface area contributed by atoms with Crippen molar-refractivity contribution in [3.05, 3.63) is 28.8 Å². The number of carbonyl (C=O) groups excluding carboxylic acids is 1. The molecular formula is C13H17ClN2OS. The summed E-state index contributed by atoms with van der Waals surface area (Å²) in [7, 11) is 0. The Kier molecular flexibility index (Phi) is 4.92. The third kappa shape index (κ3) is 3.90. The van der Waals surface area contributed by atoms with Gasteiger partial charge in [-0.1, -0.05) is 17.7 Å². The molecule has 1 fully saturated rings. The van der Waals surface area contributed by atoms with Crippen molar-refractivity contribution in [3.8, 4) is 0 Å². The minimum Gasteiger partial charge on any atom is -0.326 e. The number of rotatable bonds is 3. The Balaban J connectivity index is 1.88. The number of halogens is 1. The molecule has 1 aromatic rings. The lowest BCUT2D eigenvalue weighted by Gasteiger charge is -2.22. The molecule has 0 saturated carbocycles. The SMILES string of the molecule is Cc1ccc(NC(=O)CC2CSCCN2)cc1Cl. The molecule has 98 valence electrons. The lowest BCUT2D eigenvalue weighted by molar-refractivity contribution is -0.116. The average Bonchev–Trinajstić information content (AvgIpc) is 2.35. The van der Waals surface area contributed by atoms with Crippen LogP contribution in [0.2, 0.25) is 5.02 Å². The first-order valence-corrected chi connectivity index (χ1v) is 7.55. The number of carbonyl (C=O) groups is 1. The number of benzene rings is 1.